The van der Waals surface area contributed by atoms with Crippen molar-refractivity contribution >= 4 is 6.29 Å². The molecule has 0 aromatic rings. The predicted octanol–water partition coefficient (Wildman–Crippen LogP) is 0.991. The molecule has 4 heteroatoms. The van der Waals surface area contributed by atoms with Crippen LogP contribution in [0.3, 0.4) is 0 Å². The van der Waals surface area contributed by atoms with Crippen molar-refractivity contribution in [1.82, 2.24) is 0 Å². The molecule has 0 saturated carbocycles. The lowest BCUT2D eigenvalue weighted by Gasteiger charge is -2.13. The lowest BCUT2D eigenvalue weighted by Crippen LogP contribution is -2.16. The summed E-state index contributed by atoms with van der Waals surface area (Å²) in [6.45, 7) is 3.39. The number of methoxy groups -OCH3 is 1. The monoisotopic (exact) mass is 190 g/mol. The first-order valence-corrected chi connectivity index (χ1v) is 4.47. The highest BCUT2D eigenvalue weighted by atomic mass is 16.7. The SMILES string of the molecule is CCOC(CC=O)CCOCOC. The van der Waals surface area contributed by atoms with Crippen molar-refractivity contribution in [3.63, 3.8) is 0 Å². The fourth-order valence-electron chi connectivity index (χ4n) is 0.969. The first-order chi connectivity index (χ1) is 6.35. The van der Waals surface area contributed by atoms with Crippen LogP contribution in [0, 0.1) is 0 Å². The highest BCUT2D eigenvalue weighted by Crippen LogP contribution is 2.02. The van der Waals surface area contributed by atoms with Crippen LogP contribution >= 0.6 is 0 Å². The van der Waals surface area contributed by atoms with Gasteiger partial charge in [-0.15, -0.1) is 0 Å². The van der Waals surface area contributed by atoms with Crippen LogP contribution in [0.5, 0.6) is 0 Å². The maximum atomic E-state index is 10.2. The zero-order valence-corrected chi connectivity index (χ0v) is 8.32. The van der Waals surface area contributed by atoms with Crippen LogP contribution in [0.2, 0.25) is 0 Å². The molecule has 1 atom stereocenters. The minimum Gasteiger partial charge on any atom is -0.378 e. The van der Waals surface area contributed by atoms with Gasteiger partial charge in [-0.2, -0.15) is 0 Å². The maximum Gasteiger partial charge on any atom is 0.146 e. The van der Waals surface area contributed by atoms with E-state index in [1.54, 1.807) is 7.11 Å². The number of carbonyl (C=O) groups is 1. The van der Waals surface area contributed by atoms with E-state index in [0.29, 0.717) is 26.4 Å². The quantitative estimate of drug-likeness (QED) is 0.309. The van der Waals surface area contributed by atoms with Crippen LogP contribution < -0.4 is 0 Å². The Bertz CT molecular complexity index is 116. The Morgan fingerprint density at radius 2 is 2.23 bits per heavy atom. The molecule has 0 spiro atoms. The third-order valence-corrected chi connectivity index (χ3v) is 1.55. The predicted molar refractivity (Wildman–Crippen MR) is 48.5 cm³/mol. The van der Waals surface area contributed by atoms with E-state index in [0.717, 1.165) is 12.7 Å². The molecular weight excluding hydrogens is 172 g/mol. The van der Waals surface area contributed by atoms with Gasteiger partial charge in [-0.1, -0.05) is 0 Å². The first-order valence-electron chi connectivity index (χ1n) is 4.47. The molecule has 0 amide bonds. The molecule has 0 aliphatic carbocycles. The highest BCUT2D eigenvalue weighted by Gasteiger charge is 2.06. The van der Waals surface area contributed by atoms with Gasteiger partial charge in [0.25, 0.3) is 0 Å². The third-order valence-electron chi connectivity index (χ3n) is 1.55. The van der Waals surface area contributed by atoms with Gasteiger partial charge in [-0.25, -0.2) is 0 Å². The molecule has 0 aromatic carbocycles. The number of rotatable bonds is 9. The van der Waals surface area contributed by atoms with Crippen molar-refractivity contribution in [2.45, 2.75) is 25.9 Å². The highest BCUT2D eigenvalue weighted by molar-refractivity contribution is 5.50. The number of ether oxygens (including phenoxy) is 3. The molecule has 0 N–H and O–H groups in total. The summed E-state index contributed by atoms with van der Waals surface area (Å²) in [5.74, 6) is 0. The molecule has 0 bridgehead atoms. The molecule has 78 valence electrons. The smallest absolute Gasteiger partial charge is 0.146 e. The second kappa shape index (κ2) is 9.64. The Morgan fingerprint density at radius 3 is 2.77 bits per heavy atom. The molecular formula is C9H18O4. The molecule has 13 heavy (non-hydrogen) atoms. The van der Waals surface area contributed by atoms with E-state index in [1.165, 1.54) is 0 Å². The van der Waals surface area contributed by atoms with Gasteiger partial charge in [0.2, 0.25) is 0 Å². The van der Waals surface area contributed by atoms with Gasteiger partial charge in [-0.05, 0) is 13.3 Å². The van der Waals surface area contributed by atoms with Gasteiger partial charge in [0.05, 0.1) is 12.7 Å². The molecule has 0 saturated heterocycles. The molecule has 0 aliphatic heterocycles. The van der Waals surface area contributed by atoms with E-state index in [4.69, 9.17) is 14.2 Å². The maximum absolute atomic E-state index is 10.2. The lowest BCUT2D eigenvalue weighted by atomic mass is 10.2. The van der Waals surface area contributed by atoms with Gasteiger partial charge in [-0.3, -0.25) is 0 Å². The standard InChI is InChI=1S/C9H18O4/c1-3-13-9(4-6-10)5-7-12-8-11-2/h6,9H,3-5,7-8H2,1-2H3. The number of hydrogen-bond acceptors (Lipinski definition) is 4. The van der Waals surface area contributed by atoms with Crippen molar-refractivity contribution < 1.29 is 19.0 Å². The summed E-state index contributed by atoms with van der Waals surface area (Å²) < 4.78 is 15.1. The topological polar surface area (TPSA) is 44.8 Å². The Hall–Kier alpha value is -0.450. The zero-order valence-electron chi connectivity index (χ0n) is 8.32. The van der Waals surface area contributed by atoms with Crippen LogP contribution in [-0.4, -0.2) is 39.5 Å². The Balaban J connectivity index is 3.38. The Labute approximate surface area is 79.2 Å². The van der Waals surface area contributed by atoms with Crippen molar-refractivity contribution in [2.24, 2.45) is 0 Å². The van der Waals surface area contributed by atoms with Crippen LogP contribution in [-0.2, 0) is 19.0 Å². The minimum atomic E-state index is -0.0145. The molecule has 0 aliphatic rings. The minimum absolute atomic E-state index is 0.0145. The molecule has 4 nitrogen and oxygen atoms in total. The largest absolute Gasteiger partial charge is 0.378 e. The summed E-state index contributed by atoms with van der Waals surface area (Å²) in [5.41, 5.74) is 0. The first kappa shape index (κ1) is 12.6. The Morgan fingerprint density at radius 1 is 1.46 bits per heavy atom. The van der Waals surface area contributed by atoms with E-state index in [2.05, 4.69) is 0 Å². The third kappa shape index (κ3) is 7.90. The van der Waals surface area contributed by atoms with Gasteiger partial charge >= 0.3 is 0 Å². The van der Waals surface area contributed by atoms with Crippen molar-refractivity contribution in [3.8, 4) is 0 Å². The molecule has 0 heterocycles. The van der Waals surface area contributed by atoms with Crippen LogP contribution in [0.4, 0.5) is 0 Å². The van der Waals surface area contributed by atoms with E-state index in [1.807, 2.05) is 6.92 Å². The molecule has 0 aromatic heterocycles. The normalized spacial score (nSPS) is 12.8. The number of carbonyl (C=O) groups excluding carboxylic acids is 1. The number of aldehydes is 1. The van der Waals surface area contributed by atoms with E-state index in [-0.39, 0.29) is 6.10 Å². The Kier molecular flexibility index (Phi) is 9.30. The van der Waals surface area contributed by atoms with Gasteiger partial charge in [0.1, 0.15) is 13.1 Å². The fraction of sp³-hybridized carbons (Fsp3) is 0.889. The van der Waals surface area contributed by atoms with Crippen LogP contribution in [0.15, 0.2) is 0 Å². The second-order valence-electron chi connectivity index (χ2n) is 2.58. The summed E-state index contributed by atoms with van der Waals surface area (Å²) in [6.07, 6.45) is 2.02. The molecule has 1 unspecified atom stereocenters. The average Bonchev–Trinajstić information content (AvgIpc) is 2.13. The molecule has 0 radical (unpaired) electrons. The van der Waals surface area contributed by atoms with E-state index >= 15 is 0 Å². The van der Waals surface area contributed by atoms with E-state index in [9.17, 15) is 4.79 Å². The number of hydrogen-bond donors (Lipinski definition) is 0. The van der Waals surface area contributed by atoms with Gasteiger partial charge in [0.15, 0.2) is 0 Å². The summed E-state index contributed by atoms with van der Waals surface area (Å²) in [6, 6.07) is 0. The molecule has 0 fully saturated rings. The van der Waals surface area contributed by atoms with Crippen molar-refractivity contribution in [2.75, 3.05) is 27.1 Å². The fourth-order valence-corrected chi connectivity index (χ4v) is 0.969. The summed E-state index contributed by atoms with van der Waals surface area (Å²) in [5, 5.41) is 0. The lowest BCUT2D eigenvalue weighted by molar-refractivity contribution is -0.111. The van der Waals surface area contributed by atoms with Crippen LogP contribution in [0.25, 0.3) is 0 Å². The van der Waals surface area contributed by atoms with E-state index < -0.39 is 0 Å². The average molecular weight is 190 g/mol. The van der Waals surface area contributed by atoms with Crippen molar-refractivity contribution in [3.05, 3.63) is 0 Å². The summed E-state index contributed by atoms with van der Waals surface area (Å²) in [7, 11) is 1.57. The van der Waals surface area contributed by atoms with Gasteiger partial charge < -0.3 is 19.0 Å². The van der Waals surface area contributed by atoms with Gasteiger partial charge in [0, 0.05) is 20.1 Å². The van der Waals surface area contributed by atoms with Crippen LogP contribution in [0.1, 0.15) is 19.8 Å². The molecule has 0 rings (SSSR count). The van der Waals surface area contributed by atoms with Crippen molar-refractivity contribution in [1.29, 1.82) is 0 Å². The zero-order chi connectivity index (χ0) is 9.94. The summed E-state index contributed by atoms with van der Waals surface area (Å²) >= 11 is 0. The summed E-state index contributed by atoms with van der Waals surface area (Å²) in [4.78, 5) is 10.2. The second-order valence-corrected chi connectivity index (χ2v) is 2.58.